The van der Waals surface area contributed by atoms with Crippen molar-refractivity contribution in [3.63, 3.8) is 0 Å². The summed E-state index contributed by atoms with van der Waals surface area (Å²) in [5.41, 5.74) is 3.03. The molecule has 0 atom stereocenters. The van der Waals surface area contributed by atoms with Crippen LogP contribution in [0.2, 0.25) is 5.02 Å². The smallest absolute Gasteiger partial charge is 0.254 e. The third-order valence-electron chi connectivity index (χ3n) is 4.17. The average Bonchev–Trinajstić information content (AvgIpc) is 2.55. The number of nitrogens with zero attached hydrogens (tertiary/aromatic N) is 1. The van der Waals surface area contributed by atoms with E-state index in [1.807, 2.05) is 54.3 Å². The highest BCUT2D eigenvalue weighted by Gasteiger charge is 2.26. The molecule has 1 aliphatic heterocycles. The van der Waals surface area contributed by atoms with Crippen molar-refractivity contribution in [1.29, 1.82) is 0 Å². The van der Waals surface area contributed by atoms with Crippen molar-refractivity contribution in [2.24, 2.45) is 0 Å². The fourth-order valence-corrected chi connectivity index (χ4v) is 3.23. The molecule has 5 heteroatoms. The van der Waals surface area contributed by atoms with Crippen LogP contribution >= 0.6 is 11.6 Å². The van der Waals surface area contributed by atoms with Crippen LogP contribution in [0.25, 0.3) is 0 Å². The number of piperazine rings is 1. The SMILES string of the molecule is Cc1cccc(C(=O)N2CC[NH+](c3ccccc3Cl)CC2)c1.[Cl-]. The van der Waals surface area contributed by atoms with E-state index >= 15 is 0 Å². The number of hydrogen-bond donors (Lipinski definition) is 1. The number of benzene rings is 2. The van der Waals surface area contributed by atoms with Gasteiger partial charge in [0.15, 0.2) is 0 Å². The summed E-state index contributed by atoms with van der Waals surface area (Å²) < 4.78 is 0. The molecule has 3 rings (SSSR count). The van der Waals surface area contributed by atoms with Crippen molar-refractivity contribution in [3.05, 3.63) is 64.7 Å². The summed E-state index contributed by atoms with van der Waals surface area (Å²) in [7, 11) is 0. The molecule has 0 aromatic heterocycles. The molecule has 1 aliphatic rings. The molecule has 1 fully saturated rings. The number of carbonyl (C=O) groups excluding carboxylic acids is 1. The fraction of sp³-hybridized carbons (Fsp3) is 0.278. The van der Waals surface area contributed by atoms with E-state index in [-0.39, 0.29) is 18.3 Å². The highest BCUT2D eigenvalue weighted by Crippen LogP contribution is 2.17. The quantitative estimate of drug-likeness (QED) is 0.763. The Kier molecular flexibility index (Phi) is 6.05. The standard InChI is InChI=1S/C18H19ClN2O.ClH/c1-14-5-4-6-15(13-14)18(22)21-11-9-20(10-12-21)17-8-3-2-7-16(17)19;/h2-8,13H,9-12H2,1H3;1H. The molecule has 1 amide bonds. The van der Waals surface area contributed by atoms with E-state index in [1.165, 1.54) is 4.90 Å². The van der Waals surface area contributed by atoms with E-state index in [2.05, 4.69) is 6.07 Å². The second-order valence-electron chi connectivity index (χ2n) is 5.75. The average molecular weight is 351 g/mol. The molecule has 2 aromatic rings. The molecule has 0 radical (unpaired) electrons. The first-order valence-corrected chi connectivity index (χ1v) is 7.98. The molecule has 0 saturated carbocycles. The van der Waals surface area contributed by atoms with Crippen LogP contribution in [-0.2, 0) is 0 Å². The van der Waals surface area contributed by atoms with Crippen LogP contribution < -0.4 is 17.3 Å². The topological polar surface area (TPSA) is 24.8 Å². The van der Waals surface area contributed by atoms with E-state index in [4.69, 9.17) is 11.6 Å². The van der Waals surface area contributed by atoms with Gasteiger partial charge in [-0.2, -0.15) is 0 Å². The van der Waals surface area contributed by atoms with E-state index in [1.54, 1.807) is 0 Å². The summed E-state index contributed by atoms with van der Waals surface area (Å²) in [5, 5.41) is 0.802. The number of rotatable bonds is 2. The lowest BCUT2D eigenvalue weighted by atomic mass is 10.1. The lowest BCUT2D eigenvalue weighted by molar-refractivity contribution is -0.837. The highest BCUT2D eigenvalue weighted by atomic mass is 35.5. The molecule has 3 nitrogen and oxygen atoms in total. The summed E-state index contributed by atoms with van der Waals surface area (Å²) in [5.74, 6) is 0.127. The molecule has 1 N–H and O–H groups in total. The predicted molar refractivity (Wildman–Crippen MR) is 88.9 cm³/mol. The van der Waals surface area contributed by atoms with Crippen LogP contribution in [0.15, 0.2) is 48.5 Å². The Hall–Kier alpha value is -1.55. The molecule has 2 aromatic carbocycles. The third kappa shape index (κ3) is 4.05. The summed E-state index contributed by atoms with van der Waals surface area (Å²) in [6, 6.07) is 15.7. The number of halogens is 2. The molecular weight excluding hydrogens is 331 g/mol. The first-order chi connectivity index (χ1) is 10.6. The summed E-state index contributed by atoms with van der Waals surface area (Å²) >= 11 is 6.27. The van der Waals surface area contributed by atoms with Crippen LogP contribution in [-0.4, -0.2) is 37.0 Å². The maximum atomic E-state index is 12.6. The second-order valence-corrected chi connectivity index (χ2v) is 6.15. The first kappa shape index (κ1) is 17.8. The molecule has 0 unspecified atom stereocenters. The van der Waals surface area contributed by atoms with Crippen molar-refractivity contribution in [1.82, 2.24) is 4.90 Å². The molecule has 0 aliphatic carbocycles. The monoisotopic (exact) mass is 350 g/mol. The Balaban J connectivity index is 0.00000192. The van der Waals surface area contributed by atoms with Gasteiger partial charge in [-0.05, 0) is 25.1 Å². The van der Waals surface area contributed by atoms with Crippen molar-refractivity contribution in [2.75, 3.05) is 26.2 Å². The van der Waals surface area contributed by atoms with Crippen molar-refractivity contribution in [2.45, 2.75) is 6.92 Å². The maximum absolute atomic E-state index is 12.6. The number of quaternary nitrogens is 1. The van der Waals surface area contributed by atoms with Crippen LogP contribution in [0.5, 0.6) is 0 Å². The summed E-state index contributed by atoms with van der Waals surface area (Å²) in [6.07, 6.45) is 0. The van der Waals surface area contributed by atoms with Gasteiger partial charge in [0.25, 0.3) is 5.91 Å². The van der Waals surface area contributed by atoms with Gasteiger partial charge in [-0.25, -0.2) is 0 Å². The molecule has 0 spiro atoms. The van der Waals surface area contributed by atoms with Gasteiger partial charge in [0.1, 0.15) is 10.7 Å². The Morgan fingerprint density at radius 2 is 1.78 bits per heavy atom. The fourth-order valence-electron chi connectivity index (χ4n) is 2.96. The van der Waals surface area contributed by atoms with E-state index in [0.717, 1.165) is 48.0 Å². The minimum atomic E-state index is 0. The van der Waals surface area contributed by atoms with E-state index in [0.29, 0.717) is 0 Å². The van der Waals surface area contributed by atoms with Gasteiger partial charge in [0.2, 0.25) is 0 Å². The molecule has 23 heavy (non-hydrogen) atoms. The molecule has 1 heterocycles. The lowest BCUT2D eigenvalue weighted by Crippen LogP contribution is -3.10. The Bertz CT molecular complexity index is 682. The maximum Gasteiger partial charge on any atom is 0.254 e. The first-order valence-electron chi connectivity index (χ1n) is 7.60. The summed E-state index contributed by atoms with van der Waals surface area (Å²) in [4.78, 5) is 15.8. The lowest BCUT2D eigenvalue weighted by Gasteiger charge is -2.32. The van der Waals surface area contributed by atoms with E-state index < -0.39 is 0 Å². The number of amides is 1. The Labute approximate surface area is 148 Å². The Morgan fingerprint density at radius 3 is 2.43 bits per heavy atom. The highest BCUT2D eigenvalue weighted by molar-refractivity contribution is 6.32. The van der Waals surface area contributed by atoms with Crippen molar-refractivity contribution in [3.8, 4) is 0 Å². The zero-order valence-electron chi connectivity index (χ0n) is 13.1. The van der Waals surface area contributed by atoms with Crippen LogP contribution in [0.3, 0.4) is 0 Å². The molecule has 122 valence electrons. The number of aryl methyl sites for hydroxylation is 1. The van der Waals surface area contributed by atoms with Gasteiger partial charge in [-0.15, -0.1) is 0 Å². The number of para-hydroxylation sites is 1. The van der Waals surface area contributed by atoms with Crippen LogP contribution in [0.4, 0.5) is 5.69 Å². The zero-order valence-corrected chi connectivity index (χ0v) is 14.6. The number of hydrogen-bond acceptors (Lipinski definition) is 1. The third-order valence-corrected chi connectivity index (χ3v) is 4.50. The largest absolute Gasteiger partial charge is 1.00 e. The minimum absolute atomic E-state index is 0. The van der Waals surface area contributed by atoms with Gasteiger partial charge in [0, 0.05) is 11.6 Å². The molecular formula is C18H20Cl2N2O. The van der Waals surface area contributed by atoms with Crippen LogP contribution in [0, 0.1) is 6.92 Å². The van der Waals surface area contributed by atoms with E-state index in [9.17, 15) is 4.79 Å². The Morgan fingerprint density at radius 1 is 1.09 bits per heavy atom. The van der Waals surface area contributed by atoms with Gasteiger partial charge >= 0.3 is 0 Å². The normalized spacial score (nSPS) is 15.1. The number of nitrogens with one attached hydrogen (secondary N) is 1. The summed E-state index contributed by atoms with van der Waals surface area (Å²) in [6.45, 7) is 5.31. The van der Waals surface area contributed by atoms with Gasteiger partial charge in [0.05, 0.1) is 26.2 Å². The molecule has 0 bridgehead atoms. The second kappa shape index (κ2) is 7.82. The number of carbonyl (C=O) groups is 1. The minimum Gasteiger partial charge on any atom is -1.00 e. The van der Waals surface area contributed by atoms with Gasteiger partial charge in [-0.3, -0.25) is 9.69 Å². The van der Waals surface area contributed by atoms with Gasteiger partial charge in [-0.1, -0.05) is 41.4 Å². The molecule has 1 saturated heterocycles. The predicted octanol–water partition coefficient (Wildman–Crippen LogP) is -0.675. The zero-order chi connectivity index (χ0) is 15.5. The van der Waals surface area contributed by atoms with Crippen LogP contribution in [0.1, 0.15) is 15.9 Å². The van der Waals surface area contributed by atoms with Gasteiger partial charge < -0.3 is 17.3 Å². The van der Waals surface area contributed by atoms with Crippen molar-refractivity contribution >= 4 is 23.2 Å². The van der Waals surface area contributed by atoms with Crippen molar-refractivity contribution < 1.29 is 22.1 Å².